The summed E-state index contributed by atoms with van der Waals surface area (Å²) in [5.74, 6) is 1.72. The van der Waals surface area contributed by atoms with Crippen LogP contribution in [0.5, 0.6) is 11.5 Å². The SMILES string of the molecule is COc1cccc(OC)c1C1CCN(C2CCCCCCCCC2)CC1O.Cl. The quantitative estimate of drug-likeness (QED) is 0.742. The fraction of sp³-hybridized carbons (Fsp3) is 0.739. The molecule has 0 amide bonds. The zero-order valence-corrected chi connectivity index (χ0v) is 18.4. The number of methoxy groups -OCH3 is 2. The highest BCUT2D eigenvalue weighted by Gasteiger charge is 2.35. The molecular weight excluding hydrogens is 374 g/mol. The zero-order chi connectivity index (χ0) is 19.1. The van der Waals surface area contributed by atoms with Crippen molar-refractivity contribution in [3.8, 4) is 11.5 Å². The fourth-order valence-corrected chi connectivity index (χ4v) is 5.02. The van der Waals surface area contributed by atoms with Gasteiger partial charge in [0, 0.05) is 24.1 Å². The molecule has 1 aromatic rings. The normalized spacial score (nSPS) is 25.5. The van der Waals surface area contributed by atoms with Gasteiger partial charge in [-0.15, -0.1) is 12.4 Å². The van der Waals surface area contributed by atoms with E-state index < -0.39 is 0 Å². The summed E-state index contributed by atoms with van der Waals surface area (Å²) in [4.78, 5) is 2.56. The lowest BCUT2D eigenvalue weighted by Crippen LogP contribution is -2.47. The van der Waals surface area contributed by atoms with E-state index in [1.165, 1.54) is 57.8 Å². The summed E-state index contributed by atoms with van der Waals surface area (Å²) in [5.41, 5.74) is 1.03. The van der Waals surface area contributed by atoms with Gasteiger partial charge in [0.05, 0.1) is 20.3 Å². The van der Waals surface area contributed by atoms with Crippen LogP contribution in [-0.4, -0.2) is 49.5 Å². The van der Waals surface area contributed by atoms with Crippen LogP contribution >= 0.6 is 12.4 Å². The van der Waals surface area contributed by atoms with E-state index in [0.717, 1.165) is 36.6 Å². The number of rotatable bonds is 4. The van der Waals surface area contributed by atoms with Gasteiger partial charge in [-0.3, -0.25) is 4.90 Å². The number of likely N-dealkylation sites (tertiary alicyclic amines) is 1. The van der Waals surface area contributed by atoms with Crippen LogP contribution in [0.4, 0.5) is 0 Å². The Balaban J connectivity index is 0.00000280. The molecule has 1 aromatic carbocycles. The number of aliphatic hydroxyl groups excluding tert-OH is 1. The third kappa shape index (κ3) is 5.77. The number of hydrogen-bond donors (Lipinski definition) is 1. The average molecular weight is 412 g/mol. The van der Waals surface area contributed by atoms with Crippen LogP contribution in [0.3, 0.4) is 0 Å². The maximum atomic E-state index is 11.0. The van der Waals surface area contributed by atoms with E-state index in [1.807, 2.05) is 18.2 Å². The van der Waals surface area contributed by atoms with Crippen molar-refractivity contribution in [1.29, 1.82) is 0 Å². The second-order valence-electron chi connectivity index (χ2n) is 8.24. The number of hydrogen-bond acceptors (Lipinski definition) is 4. The number of aliphatic hydroxyl groups is 1. The molecule has 1 aliphatic heterocycles. The Morgan fingerprint density at radius 1 is 0.857 bits per heavy atom. The second kappa shape index (κ2) is 11.9. The average Bonchev–Trinajstić information content (AvgIpc) is 2.71. The molecule has 2 aliphatic rings. The lowest BCUT2D eigenvalue weighted by Gasteiger charge is -2.41. The molecule has 28 heavy (non-hydrogen) atoms. The first-order valence-electron chi connectivity index (χ1n) is 10.9. The number of β-amino-alcohol motifs (C(OH)–C–C–N with tert-alkyl or cyclic N) is 1. The Kier molecular flexibility index (Phi) is 9.90. The van der Waals surface area contributed by atoms with Crippen molar-refractivity contribution in [3.05, 3.63) is 23.8 Å². The smallest absolute Gasteiger partial charge is 0.126 e. The molecule has 1 aliphatic carbocycles. The van der Waals surface area contributed by atoms with Crippen molar-refractivity contribution < 1.29 is 14.6 Å². The number of nitrogens with zero attached hydrogens (tertiary/aromatic N) is 1. The van der Waals surface area contributed by atoms with Gasteiger partial charge in [0.15, 0.2) is 0 Å². The molecule has 4 nitrogen and oxygen atoms in total. The van der Waals surface area contributed by atoms with Crippen molar-refractivity contribution in [3.63, 3.8) is 0 Å². The van der Waals surface area contributed by atoms with Crippen LogP contribution in [0.2, 0.25) is 0 Å². The van der Waals surface area contributed by atoms with Gasteiger partial charge in [-0.25, -0.2) is 0 Å². The molecule has 1 N–H and O–H groups in total. The molecule has 3 rings (SSSR count). The van der Waals surface area contributed by atoms with E-state index in [4.69, 9.17) is 9.47 Å². The van der Waals surface area contributed by atoms with Gasteiger partial charge < -0.3 is 14.6 Å². The molecule has 5 heteroatoms. The molecule has 2 fully saturated rings. The van der Waals surface area contributed by atoms with Gasteiger partial charge in [0.25, 0.3) is 0 Å². The first-order chi connectivity index (χ1) is 13.2. The third-order valence-corrected chi connectivity index (χ3v) is 6.54. The maximum absolute atomic E-state index is 11.0. The minimum absolute atomic E-state index is 0. The van der Waals surface area contributed by atoms with Crippen LogP contribution < -0.4 is 9.47 Å². The summed E-state index contributed by atoms with van der Waals surface area (Å²) in [6, 6.07) is 6.53. The molecule has 0 aromatic heterocycles. The fourth-order valence-electron chi connectivity index (χ4n) is 5.02. The van der Waals surface area contributed by atoms with E-state index in [9.17, 15) is 5.11 Å². The van der Waals surface area contributed by atoms with E-state index >= 15 is 0 Å². The Morgan fingerprint density at radius 2 is 1.39 bits per heavy atom. The minimum atomic E-state index is -0.376. The van der Waals surface area contributed by atoms with E-state index in [0.29, 0.717) is 6.04 Å². The Bertz CT molecular complexity index is 551. The molecule has 1 saturated carbocycles. The molecule has 0 radical (unpaired) electrons. The first kappa shape index (κ1) is 23.3. The zero-order valence-electron chi connectivity index (χ0n) is 17.6. The Morgan fingerprint density at radius 3 is 1.89 bits per heavy atom. The summed E-state index contributed by atoms with van der Waals surface area (Å²) in [5, 5.41) is 11.0. The van der Waals surface area contributed by atoms with Crippen LogP contribution in [0, 0.1) is 0 Å². The van der Waals surface area contributed by atoms with Crippen LogP contribution in [0.15, 0.2) is 18.2 Å². The van der Waals surface area contributed by atoms with Gasteiger partial charge >= 0.3 is 0 Å². The molecule has 1 saturated heterocycles. The van der Waals surface area contributed by atoms with Gasteiger partial charge in [0.1, 0.15) is 11.5 Å². The van der Waals surface area contributed by atoms with E-state index in [-0.39, 0.29) is 24.4 Å². The second-order valence-corrected chi connectivity index (χ2v) is 8.24. The van der Waals surface area contributed by atoms with Crippen molar-refractivity contribution in [2.24, 2.45) is 0 Å². The van der Waals surface area contributed by atoms with E-state index in [2.05, 4.69) is 4.90 Å². The lowest BCUT2D eigenvalue weighted by atomic mass is 9.84. The Hall–Kier alpha value is -0.970. The highest BCUT2D eigenvalue weighted by molar-refractivity contribution is 5.85. The molecule has 2 atom stereocenters. The van der Waals surface area contributed by atoms with Crippen molar-refractivity contribution >= 4 is 12.4 Å². The number of ether oxygens (including phenoxy) is 2. The molecule has 160 valence electrons. The summed E-state index contributed by atoms with van der Waals surface area (Å²) in [6.45, 7) is 1.81. The highest BCUT2D eigenvalue weighted by atomic mass is 35.5. The van der Waals surface area contributed by atoms with Crippen molar-refractivity contribution in [1.82, 2.24) is 4.90 Å². The summed E-state index contributed by atoms with van der Waals surface area (Å²) < 4.78 is 11.2. The van der Waals surface area contributed by atoms with Crippen molar-refractivity contribution in [2.75, 3.05) is 27.3 Å². The molecule has 0 bridgehead atoms. The lowest BCUT2D eigenvalue weighted by molar-refractivity contribution is 0.0229. The monoisotopic (exact) mass is 411 g/mol. The molecule has 2 unspecified atom stereocenters. The summed E-state index contributed by atoms with van der Waals surface area (Å²) >= 11 is 0. The van der Waals surface area contributed by atoms with Gasteiger partial charge in [-0.2, -0.15) is 0 Å². The number of benzene rings is 1. The number of piperidine rings is 1. The van der Waals surface area contributed by atoms with Crippen LogP contribution in [0.25, 0.3) is 0 Å². The third-order valence-electron chi connectivity index (χ3n) is 6.54. The summed E-state index contributed by atoms with van der Waals surface area (Å²) in [6.07, 6.45) is 12.8. The summed E-state index contributed by atoms with van der Waals surface area (Å²) in [7, 11) is 3.39. The van der Waals surface area contributed by atoms with Crippen LogP contribution in [0.1, 0.15) is 75.7 Å². The Labute approximate surface area is 177 Å². The molecular formula is C23H38ClNO3. The predicted molar refractivity (Wildman–Crippen MR) is 117 cm³/mol. The standard InChI is InChI=1S/C23H37NO3.ClH/c1-26-21-13-10-14-22(27-2)23(21)19-15-16-24(17-20(19)25)18-11-8-6-4-3-5-7-9-12-18;/h10,13-14,18-20,25H,3-9,11-12,15-17H2,1-2H3;1H. The predicted octanol–water partition coefficient (Wildman–Crippen LogP) is 5.17. The highest BCUT2D eigenvalue weighted by Crippen LogP contribution is 2.41. The minimum Gasteiger partial charge on any atom is -0.496 e. The largest absolute Gasteiger partial charge is 0.496 e. The molecule has 1 heterocycles. The number of halogens is 1. The van der Waals surface area contributed by atoms with E-state index in [1.54, 1.807) is 14.2 Å². The molecule has 0 spiro atoms. The van der Waals surface area contributed by atoms with Gasteiger partial charge in [-0.1, -0.05) is 51.0 Å². The topological polar surface area (TPSA) is 41.9 Å². The van der Waals surface area contributed by atoms with Gasteiger partial charge in [0.2, 0.25) is 0 Å². The van der Waals surface area contributed by atoms with Crippen LogP contribution in [-0.2, 0) is 0 Å². The van der Waals surface area contributed by atoms with Crippen molar-refractivity contribution in [2.45, 2.75) is 82.3 Å². The maximum Gasteiger partial charge on any atom is 0.126 e. The first-order valence-corrected chi connectivity index (χ1v) is 10.9. The van der Waals surface area contributed by atoms with Gasteiger partial charge in [-0.05, 0) is 37.9 Å².